The molecule has 2 amide bonds. The minimum Gasteiger partial charge on any atom is -0.483 e. The first kappa shape index (κ1) is 15.6. The molecule has 114 valence electrons. The van der Waals surface area contributed by atoms with E-state index in [2.05, 4.69) is 6.92 Å². The van der Waals surface area contributed by atoms with Crippen molar-refractivity contribution in [3.63, 3.8) is 0 Å². The van der Waals surface area contributed by atoms with E-state index >= 15 is 0 Å². The van der Waals surface area contributed by atoms with Crippen LogP contribution >= 0.6 is 11.6 Å². The number of nitrogens with two attached hydrogens (primary N) is 1. The summed E-state index contributed by atoms with van der Waals surface area (Å²) in [6, 6.07) is 4.58. The molecule has 1 aromatic rings. The summed E-state index contributed by atoms with van der Waals surface area (Å²) >= 11 is 5.82. The number of ether oxygens (including phenoxy) is 1. The molecule has 0 aromatic heterocycles. The second-order valence-corrected chi connectivity index (χ2v) is 5.82. The van der Waals surface area contributed by atoms with Crippen molar-refractivity contribution in [1.29, 1.82) is 0 Å². The van der Waals surface area contributed by atoms with Crippen molar-refractivity contribution in [2.45, 2.75) is 19.8 Å². The first-order valence-corrected chi connectivity index (χ1v) is 7.35. The number of halogens is 1. The van der Waals surface area contributed by atoms with Gasteiger partial charge in [-0.3, -0.25) is 9.59 Å². The van der Waals surface area contributed by atoms with Crippen LogP contribution in [0.2, 0.25) is 5.02 Å². The monoisotopic (exact) mass is 310 g/mol. The molecule has 5 nitrogen and oxygen atoms in total. The lowest BCUT2D eigenvalue weighted by Crippen LogP contribution is -2.41. The average molecular weight is 311 g/mol. The lowest BCUT2D eigenvalue weighted by molar-refractivity contribution is -0.135. The van der Waals surface area contributed by atoms with E-state index in [0.29, 0.717) is 10.9 Å². The van der Waals surface area contributed by atoms with Gasteiger partial charge in [-0.1, -0.05) is 18.5 Å². The lowest BCUT2D eigenvalue weighted by atomic mass is 10.0. The predicted molar refractivity (Wildman–Crippen MR) is 80.4 cm³/mol. The van der Waals surface area contributed by atoms with Crippen LogP contribution in [0, 0.1) is 5.92 Å². The Morgan fingerprint density at radius 3 is 2.90 bits per heavy atom. The highest BCUT2D eigenvalue weighted by atomic mass is 35.5. The average Bonchev–Trinajstić information content (AvgIpc) is 2.45. The first-order valence-electron chi connectivity index (χ1n) is 6.97. The van der Waals surface area contributed by atoms with Crippen LogP contribution in [-0.2, 0) is 4.79 Å². The number of hydrogen-bond acceptors (Lipinski definition) is 3. The molecular formula is C15H19ClN2O3. The molecule has 0 saturated carbocycles. The van der Waals surface area contributed by atoms with Gasteiger partial charge >= 0.3 is 0 Å². The van der Waals surface area contributed by atoms with E-state index in [0.717, 1.165) is 25.9 Å². The summed E-state index contributed by atoms with van der Waals surface area (Å²) in [5.74, 6) is 0.0863. The van der Waals surface area contributed by atoms with Crippen molar-refractivity contribution >= 4 is 23.4 Å². The maximum Gasteiger partial charge on any atom is 0.260 e. The molecule has 0 bridgehead atoms. The number of primary amides is 1. The van der Waals surface area contributed by atoms with E-state index < -0.39 is 5.91 Å². The van der Waals surface area contributed by atoms with Gasteiger partial charge in [-0.05, 0) is 37.0 Å². The topological polar surface area (TPSA) is 72.6 Å². The van der Waals surface area contributed by atoms with Crippen LogP contribution in [0.5, 0.6) is 5.75 Å². The fraction of sp³-hybridized carbons (Fsp3) is 0.467. The summed E-state index contributed by atoms with van der Waals surface area (Å²) in [6.45, 7) is 3.54. The minimum atomic E-state index is -0.633. The van der Waals surface area contributed by atoms with Crippen LogP contribution in [0.25, 0.3) is 0 Å². The van der Waals surface area contributed by atoms with Crippen LogP contribution in [0.15, 0.2) is 18.2 Å². The third-order valence-corrected chi connectivity index (χ3v) is 3.80. The molecule has 1 fully saturated rings. The molecule has 1 aromatic carbocycles. The zero-order valence-corrected chi connectivity index (χ0v) is 12.7. The maximum absolute atomic E-state index is 12.1. The Morgan fingerprint density at radius 1 is 1.48 bits per heavy atom. The fourth-order valence-electron chi connectivity index (χ4n) is 2.47. The van der Waals surface area contributed by atoms with E-state index in [4.69, 9.17) is 22.1 Å². The Bertz CT molecular complexity index is 548. The highest BCUT2D eigenvalue weighted by Crippen LogP contribution is 2.23. The Labute approximate surface area is 129 Å². The summed E-state index contributed by atoms with van der Waals surface area (Å²) in [4.78, 5) is 25.3. The quantitative estimate of drug-likeness (QED) is 0.925. The third-order valence-electron chi connectivity index (χ3n) is 3.57. The molecule has 1 saturated heterocycles. The lowest BCUT2D eigenvalue weighted by Gasteiger charge is -2.30. The van der Waals surface area contributed by atoms with Crippen molar-refractivity contribution in [3.8, 4) is 5.75 Å². The summed E-state index contributed by atoms with van der Waals surface area (Å²) in [5, 5.41) is 0.396. The van der Waals surface area contributed by atoms with Gasteiger partial charge in [0.15, 0.2) is 6.61 Å². The Balaban J connectivity index is 1.99. The second-order valence-electron chi connectivity index (χ2n) is 5.38. The molecule has 0 spiro atoms. The molecule has 2 N–H and O–H groups in total. The van der Waals surface area contributed by atoms with E-state index in [1.54, 1.807) is 17.0 Å². The smallest absolute Gasteiger partial charge is 0.260 e. The van der Waals surface area contributed by atoms with Crippen LogP contribution < -0.4 is 10.5 Å². The molecule has 0 radical (unpaired) electrons. The number of carbonyl (C=O) groups is 2. The molecule has 0 aliphatic carbocycles. The third kappa shape index (κ3) is 4.11. The number of benzene rings is 1. The van der Waals surface area contributed by atoms with Crippen LogP contribution in [0.1, 0.15) is 30.1 Å². The summed E-state index contributed by atoms with van der Waals surface area (Å²) in [5.41, 5.74) is 5.46. The normalized spacial score (nSPS) is 18.4. The second kappa shape index (κ2) is 6.80. The molecule has 1 atom stereocenters. The number of hydrogen-bond donors (Lipinski definition) is 1. The highest BCUT2D eigenvalue weighted by Gasteiger charge is 2.21. The zero-order valence-electron chi connectivity index (χ0n) is 12.0. The summed E-state index contributed by atoms with van der Waals surface area (Å²) in [6.07, 6.45) is 2.16. The van der Waals surface area contributed by atoms with Crippen LogP contribution in [0.4, 0.5) is 0 Å². The molecular weight excluding hydrogens is 292 g/mol. The van der Waals surface area contributed by atoms with Gasteiger partial charge in [0.05, 0.1) is 5.56 Å². The van der Waals surface area contributed by atoms with Crippen LogP contribution in [-0.4, -0.2) is 36.4 Å². The van der Waals surface area contributed by atoms with E-state index in [-0.39, 0.29) is 23.8 Å². The van der Waals surface area contributed by atoms with E-state index in [9.17, 15) is 9.59 Å². The fourth-order valence-corrected chi connectivity index (χ4v) is 2.64. The molecule has 6 heteroatoms. The van der Waals surface area contributed by atoms with Gasteiger partial charge in [-0.25, -0.2) is 0 Å². The Kier molecular flexibility index (Phi) is 5.07. The number of amides is 2. The van der Waals surface area contributed by atoms with Gasteiger partial charge < -0.3 is 15.4 Å². The summed E-state index contributed by atoms with van der Waals surface area (Å²) in [7, 11) is 0. The standard InChI is InChI=1S/C15H19ClN2O3/c1-10-3-2-6-18(8-10)14(19)9-21-13-5-4-11(16)7-12(13)15(17)20/h4-5,7,10H,2-3,6,8-9H2,1H3,(H2,17,20). The van der Waals surface area contributed by atoms with Gasteiger partial charge in [-0.15, -0.1) is 0 Å². The summed E-state index contributed by atoms with van der Waals surface area (Å²) < 4.78 is 5.45. The van der Waals surface area contributed by atoms with Crippen molar-refractivity contribution < 1.29 is 14.3 Å². The van der Waals surface area contributed by atoms with Gasteiger partial charge in [0, 0.05) is 18.1 Å². The van der Waals surface area contributed by atoms with E-state index in [1.165, 1.54) is 6.07 Å². The van der Waals surface area contributed by atoms with Gasteiger partial charge in [0.25, 0.3) is 11.8 Å². The number of likely N-dealkylation sites (tertiary alicyclic amines) is 1. The van der Waals surface area contributed by atoms with Crippen molar-refractivity contribution in [2.75, 3.05) is 19.7 Å². The first-order chi connectivity index (χ1) is 9.97. The Morgan fingerprint density at radius 2 is 2.24 bits per heavy atom. The maximum atomic E-state index is 12.1. The molecule has 1 aliphatic rings. The SMILES string of the molecule is CC1CCCN(C(=O)COc2ccc(Cl)cc2C(N)=O)C1. The molecule has 2 rings (SSSR count). The highest BCUT2D eigenvalue weighted by molar-refractivity contribution is 6.31. The zero-order chi connectivity index (χ0) is 15.4. The van der Waals surface area contributed by atoms with Gasteiger partial charge in [0.1, 0.15) is 5.75 Å². The van der Waals surface area contributed by atoms with Crippen LogP contribution in [0.3, 0.4) is 0 Å². The molecule has 1 unspecified atom stereocenters. The van der Waals surface area contributed by atoms with Gasteiger partial charge in [-0.2, -0.15) is 0 Å². The minimum absolute atomic E-state index is 0.0769. The molecule has 1 heterocycles. The predicted octanol–water partition coefficient (Wildman–Crippen LogP) is 2.08. The number of carbonyl (C=O) groups excluding carboxylic acids is 2. The molecule has 21 heavy (non-hydrogen) atoms. The van der Waals surface area contributed by atoms with Crippen molar-refractivity contribution in [2.24, 2.45) is 11.7 Å². The number of rotatable bonds is 4. The van der Waals surface area contributed by atoms with E-state index in [1.807, 2.05) is 0 Å². The van der Waals surface area contributed by atoms with Gasteiger partial charge in [0.2, 0.25) is 0 Å². The largest absolute Gasteiger partial charge is 0.483 e. The Hall–Kier alpha value is -1.75. The number of nitrogens with zero attached hydrogens (tertiary/aromatic N) is 1. The van der Waals surface area contributed by atoms with Crippen molar-refractivity contribution in [3.05, 3.63) is 28.8 Å². The number of piperidine rings is 1. The molecule has 1 aliphatic heterocycles. The van der Waals surface area contributed by atoms with Crippen molar-refractivity contribution in [1.82, 2.24) is 4.90 Å².